The predicted molar refractivity (Wildman–Crippen MR) is 106 cm³/mol. The van der Waals surface area contributed by atoms with Gasteiger partial charge in [0.15, 0.2) is 5.79 Å². The molecule has 0 radical (unpaired) electrons. The zero-order valence-corrected chi connectivity index (χ0v) is 19.4. The second kappa shape index (κ2) is 5.97. The van der Waals surface area contributed by atoms with Crippen LogP contribution in [-0.4, -0.2) is 55.0 Å². The van der Waals surface area contributed by atoms with Crippen LogP contribution in [0.5, 0.6) is 0 Å². The van der Waals surface area contributed by atoms with Crippen molar-refractivity contribution in [2.75, 3.05) is 0 Å². The monoisotopic (exact) mass is 397 g/mol. The van der Waals surface area contributed by atoms with Gasteiger partial charge in [0.2, 0.25) is 8.32 Å². The van der Waals surface area contributed by atoms with E-state index in [-0.39, 0.29) is 35.4 Å². The molecule has 2 bridgehead atoms. The fourth-order valence-corrected chi connectivity index (χ4v) is 4.74. The summed E-state index contributed by atoms with van der Waals surface area (Å²) < 4.78 is 24.5. The molecule has 4 atom stereocenters. The van der Waals surface area contributed by atoms with Gasteiger partial charge in [-0.1, -0.05) is 20.8 Å². The molecule has 0 saturated carbocycles. The van der Waals surface area contributed by atoms with Crippen LogP contribution in [-0.2, 0) is 18.6 Å². The molecular weight excluding hydrogens is 362 g/mol. The first-order valence-corrected chi connectivity index (χ1v) is 12.7. The van der Waals surface area contributed by atoms with Crippen LogP contribution in [0.3, 0.4) is 0 Å². The molecule has 0 aromatic rings. The van der Waals surface area contributed by atoms with Gasteiger partial charge in [-0.05, 0) is 58.8 Å². The Morgan fingerprint density at radius 3 is 2.19 bits per heavy atom. The first-order valence-electron chi connectivity index (χ1n) is 9.80. The van der Waals surface area contributed by atoms with Gasteiger partial charge in [-0.3, -0.25) is 4.90 Å². The summed E-state index contributed by atoms with van der Waals surface area (Å²) in [5.41, 5.74) is -0.560. The van der Waals surface area contributed by atoms with Crippen LogP contribution in [0.15, 0.2) is 11.8 Å². The number of ether oxygens (including phenoxy) is 3. The highest BCUT2D eigenvalue weighted by Gasteiger charge is 2.64. The minimum absolute atomic E-state index is 0.0676. The van der Waals surface area contributed by atoms with E-state index < -0.39 is 19.7 Å². The van der Waals surface area contributed by atoms with E-state index in [9.17, 15) is 4.79 Å². The fraction of sp³-hybridized carbons (Fsp3) is 0.850. The molecule has 0 N–H and O–H groups in total. The maximum Gasteiger partial charge on any atom is 0.411 e. The van der Waals surface area contributed by atoms with Crippen LogP contribution in [0.4, 0.5) is 4.79 Å². The Kier molecular flexibility index (Phi) is 4.57. The zero-order chi connectivity index (χ0) is 20.6. The van der Waals surface area contributed by atoms with Crippen LogP contribution in [0, 0.1) is 0 Å². The molecule has 3 aliphatic heterocycles. The maximum absolute atomic E-state index is 12.9. The topological polar surface area (TPSA) is 57.2 Å². The Morgan fingerprint density at radius 2 is 1.67 bits per heavy atom. The Labute approximate surface area is 164 Å². The van der Waals surface area contributed by atoms with E-state index in [4.69, 9.17) is 18.6 Å². The lowest BCUT2D eigenvalue weighted by molar-refractivity contribution is -0.161. The average molecular weight is 398 g/mol. The van der Waals surface area contributed by atoms with Crippen molar-refractivity contribution >= 4 is 14.4 Å². The van der Waals surface area contributed by atoms with Crippen molar-refractivity contribution < 1.29 is 23.4 Å². The second-order valence-electron chi connectivity index (χ2n) is 10.8. The number of carbonyl (C=O) groups excluding carboxylic acids is 1. The number of hydrogen-bond donors (Lipinski definition) is 0. The summed E-state index contributed by atoms with van der Waals surface area (Å²) in [6, 6.07) is -0.526. The number of fused-ring (bicyclic) bond motifs is 5. The summed E-state index contributed by atoms with van der Waals surface area (Å²) in [6.45, 7) is 20.5. The van der Waals surface area contributed by atoms with Crippen molar-refractivity contribution in [3.8, 4) is 0 Å². The number of amides is 1. The Bertz CT molecular complexity index is 658. The van der Waals surface area contributed by atoms with E-state index in [1.165, 1.54) is 0 Å². The molecule has 6 nitrogen and oxygen atoms in total. The van der Waals surface area contributed by atoms with Crippen LogP contribution in [0.25, 0.3) is 0 Å². The minimum Gasteiger partial charge on any atom is -0.545 e. The minimum atomic E-state index is -2.04. The van der Waals surface area contributed by atoms with Gasteiger partial charge in [0.25, 0.3) is 0 Å². The molecule has 0 aromatic carbocycles. The van der Waals surface area contributed by atoms with E-state index >= 15 is 0 Å². The number of nitrogens with zero attached hydrogens (tertiary/aromatic N) is 1. The third-order valence-electron chi connectivity index (χ3n) is 5.84. The molecule has 0 aliphatic carbocycles. The molecule has 0 aromatic heterocycles. The third kappa shape index (κ3) is 3.66. The molecule has 3 heterocycles. The Balaban J connectivity index is 1.89. The van der Waals surface area contributed by atoms with E-state index in [1.54, 1.807) is 4.90 Å². The van der Waals surface area contributed by atoms with Crippen molar-refractivity contribution in [2.24, 2.45) is 0 Å². The van der Waals surface area contributed by atoms with Crippen molar-refractivity contribution in [2.45, 2.75) is 109 Å². The van der Waals surface area contributed by atoms with E-state index in [2.05, 4.69) is 33.9 Å². The highest BCUT2D eigenvalue weighted by Crippen LogP contribution is 2.50. The largest absolute Gasteiger partial charge is 0.545 e. The Morgan fingerprint density at radius 1 is 1.11 bits per heavy atom. The lowest BCUT2D eigenvalue weighted by Gasteiger charge is -2.39. The lowest BCUT2D eigenvalue weighted by atomic mass is 10.0. The molecule has 2 saturated heterocycles. The van der Waals surface area contributed by atoms with E-state index in [0.717, 1.165) is 5.76 Å². The molecule has 2 fully saturated rings. The molecule has 154 valence electrons. The summed E-state index contributed by atoms with van der Waals surface area (Å²) in [7, 11) is -2.04. The number of hydrogen-bond acceptors (Lipinski definition) is 5. The van der Waals surface area contributed by atoms with Gasteiger partial charge < -0.3 is 18.6 Å². The van der Waals surface area contributed by atoms with Gasteiger partial charge in [-0.15, -0.1) is 0 Å². The summed E-state index contributed by atoms with van der Waals surface area (Å²) in [4.78, 5) is 14.7. The molecule has 3 aliphatic rings. The molecular formula is C20H35NO5Si. The standard InChI is InChI=1S/C20H35NO5Si/c1-18(2,3)25-17(22)21-12-11-13(26-27(9,10)19(4,5)6)14(21)16-15(12)23-20(7,8)24-16/h11-12,14-16H,1-10H3/t12-,14+,15-,16+/m0/s1. The summed E-state index contributed by atoms with van der Waals surface area (Å²) in [5, 5.41) is 0.0676. The molecule has 0 unspecified atom stereocenters. The van der Waals surface area contributed by atoms with Crippen molar-refractivity contribution in [1.29, 1.82) is 0 Å². The molecule has 7 heteroatoms. The normalized spacial score (nSPS) is 32.4. The van der Waals surface area contributed by atoms with Gasteiger partial charge in [-0.25, -0.2) is 4.79 Å². The highest BCUT2D eigenvalue weighted by atomic mass is 28.4. The van der Waals surface area contributed by atoms with Crippen molar-refractivity contribution in [3.63, 3.8) is 0 Å². The van der Waals surface area contributed by atoms with Crippen LogP contribution >= 0.6 is 0 Å². The molecule has 27 heavy (non-hydrogen) atoms. The van der Waals surface area contributed by atoms with Crippen LogP contribution in [0.2, 0.25) is 18.1 Å². The van der Waals surface area contributed by atoms with E-state index in [1.807, 2.05) is 40.7 Å². The summed E-state index contributed by atoms with van der Waals surface area (Å²) in [6.07, 6.45) is 1.27. The van der Waals surface area contributed by atoms with Gasteiger partial charge >= 0.3 is 6.09 Å². The molecule has 3 rings (SSSR count). The molecule has 0 spiro atoms. The SMILES string of the molecule is CC(C)(C)OC(=O)N1[C@@H]2C(O[Si](C)(C)C(C)(C)C)=C[C@H]1[C@@H]1OC(C)(C)O[C@@H]12. The van der Waals surface area contributed by atoms with Gasteiger partial charge in [0, 0.05) is 0 Å². The number of rotatable bonds is 2. The average Bonchev–Trinajstić information content (AvgIpc) is 2.99. The zero-order valence-electron chi connectivity index (χ0n) is 18.4. The second-order valence-corrected chi connectivity index (χ2v) is 15.5. The third-order valence-corrected chi connectivity index (χ3v) is 10.2. The lowest BCUT2D eigenvalue weighted by Crippen LogP contribution is -2.47. The highest BCUT2D eigenvalue weighted by molar-refractivity contribution is 6.74. The first-order chi connectivity index (χ1) is 12.0. The summed E-state index contributed by atoms with van der Waals surface area (Å²) in [5.74, 6) is 0.173. The van der Waals surface area contributed by atoms with Gasteiger partial charge in [0.05, 0.1) is 6.04 Å². The number of carbonyl (C=O) groups is 1. The van der Waals surface area contributed by atoms with Crippen LogP contribution in [0.1, 0.15) is 55.4 Å². The quantitative estimate of drug-likeness (QED) is 0.646. The predicted octanol–water partition coefficient (Wildman–Crippen LogP) is 4.41. The van der Waals surface area contributed by atoms with Crippen molar-refractivity contribution in [1.82, 2.24) is 4.90 Å². The maximum atomic E-state index is 12.9. The first kappa shape index (κ1) is 20.7. The smallest absolute Gasteiger partial charge is 0.411 e. The van der Waals surface area contributed by atoms with Crippen LogP contribution < -0.4 is 0 Å². The van der Waals surface area contributed by atoms with Crippen molar-refractivity contribution in [3.05, 3.63) is 11.8 Å². The fourth-order valence-electron chi connectivity index (χ4n) is 3.66. The summed E-state index contributed by atoms with van der Waals surface area (Å²) >= 11 is 0. The van der Waals surface area contributed by atoms with Gasteiger partial charge in [-0.2, -0.15) is 0 Å². The Hall–Kier alpha value is -1.05. The van der Waals surface area contributed by atoms with Gasteiger partial charge in [0.1, 0.15) is 29.6 Å². The molecule has 1 amide bonds. The van der Waals surface area contributed by atoms with E-state index in [0.29, 0.717) is 0 Å².